The number of hydrogen-bond donors (Lipinski definition) is 0. The minimum absolute atomic E-state index is 0.0225. The van der Waals surface area contributed by atoms with Gasteiger partial charge in [0, 0.05) is 20.2 Å². The number of thioether (sulfide) groups is 1. The monoisotopic (exact) mass is 417 g/mol. The lowest BCUT2D eigenvalue weighted by molar-refractivity contribution is -0.128. The molecule has 28 heavy (non-hydrogen) atoms. The molecular weight excluding hydrogens is 394 g/mol. The highest BCUT2D eigenvalue weighted by molar-refractivity contribution is 7.99. The minimum Gasteiger partial charge on any atom is -0.383 e. The predicted molar refractivity (Wildman–Crippen MR) is 114 cm³/mol. The van der Waals surface area contributed by atoms with Gasteiger partial charge in [0.2, 0.25) is 5.91 Å². The molecule has 0 unspecified atom stereocenters. The second-order valence-electron chi connectivity index (χ2n) is 6.16. The average Bonchev–Trinajstić information content (AvgIpc) is 3.19. The van der Waals surface area contributed by atoms with Gasteiger partial charge in [0.15, 0.2) is 5.16 Å². The van der Waals surface area contributed by atoms with Crippen LogP contribution in [0.1, 0.15) is 12.5 Å². The summed E-state index contributed by atoms with van der Waals surface area (Å²) in [5.41, 5.74) is 1.69. The third kappa shape index (κ3) is 4.81. The lowest BCUT2D eigenvalue weighted by Gasteiger charge is -2.21. The van der Waals surface area contributed by atoms with Crippen LogP contribution < -0.4 is 5.56 Å². The van der Waals surface area contributed by atoms with Crippen molar-refractivity contribution in [2.45, 2.75) is 25.2 Å². The molecule has 0 N–H and O–H groups in total. The van der Waals surface area contributed by atoms with Crippen molar-refractivity contribution in [3.8, 4) is 0 Å². The maximum Gasteiger partial charge on any atom is 0.272 e. The van der Waals surface area contributed by atoms with Crippen molar-refractivity contribution in [3.05, 3.63) is 57.7 Å². The molecule has 148 valence electrons. The summed E-state index contributed by atoms with van der Waals surface area (Å²) in [5.74, 6) is 0.254. The van der Waals surface area contributed by atoms with Crippen LogP contribution in [0.5, 0.6) is 0 Å². The van der Waals surface area contributed by atoms with Gasteiger partial charge >= 0.3 is 0 Å². The van der Waals surface area contributed by atoms with E-state index in [0.29, 0.717) is 41.6 Å². The molecule has 0 fully saturated rings. The first kappa shape index (κ1) is 20.6. The van der Waals surface area contributed by atoms with Gasteiger partial charge < -0.3 is 9.64 Å². The van der Waals surface area contributed by atoms with Crippen molar-refractivity contribution in [3.63, 3.8) is 0 Å². The number of ether oxygens (including phenoxy) is 1. The molecule has 2 aromatic heterocycles. The molecule has 3 rings (SSSR count). The average molecular weight is 418 g/mol. The molecule has 0 aliphatic rings. The molecule has 0 saturated carbocycles. The predicted octanol–water partition coefficient (Wildman–Crippen LogP) is 3.25. The zero-order valence-electron chi connectivity index (χ0n) is 16.0. The Balaban J connectivity index is 1.76. The summed E-state index contributed by atoms with van der Waals surface area (Å²) < 4.78 is 7.36. The number of fused-ring (bicyclic) bond motifs is 1. The van der Waals surface area contributed by atoms with Crippen LogP contribution in [0.15, 0.2) is 51.7 Å². The Labute approximate surface area is 172 Å². The van der Waals surface area contributed by atoms with Crippen molar-refractivity contribution in [1.29, 1.82) is 0 Å². The smallest absolute Gasteiger partial charge is 0.272 e. The van der Waals surface area contributed by atoms with Crippen molar-refractivity contribution < 1.29 is 9.53 Å². The molecule has 1 aromatic carbocycles. The lowest BCUT2D eigenvalue weighted by Crippen LogP contribution is -2.32. The molecule has 2 heterocycles. The number of methoxy groups -OCH3 is 1. The first-order chi connectivity index (χ1) is 13.6. The van der Waals surface area contributed by atoms with E-state index >= 15 is 0 Å². The van der Waals surface area contributed by atoms with Gasteiger partial charge in [-0.25, -0.2) is 4.98 Å². The molecule has 6 nitrogen and oxygen atoms in total. The van der Waals surface area contributed by atoms with Gasteiger partial charge in [-0.2, -0.15) is 0 Å². The van der Waals surface area contributed by atoms with E-state index in [9.17, 15) is 9.59 Å². The van der Waals surface area contributed by atoms with E-state index in [-0.39, 0.29) is 17.2 Å². The fourth-order valence-electron chi connectivity index (χ4n) is 2.81. The standard InChI is InChI=1S/C20H23N3O3S2/c1-3-22(13-15-7-5-4-6-8-15)17(24)14-28-20-21-16-9-12-27-18(16)19(25)23(20)10-11-26-2/h4-9,12H,3,10-11,13-14H2,1-2H3. The molecule has 8 heteroatoms. The summed E-state index contributed by atoms with van der Waals surface area (Å²) in [5, 5.41) is 2.41. The third-order valence-corrected chi connectivity index (χ3v) is 6.18. The quantitative estimate of drug-likeness (QED) is 0.395. The number of thiophene rings is 1. The van der Waals surface area contributed by atoms with E-state index in [2.05, 4.69) is 4.98 Å². The van der Waals surface area contributed by atoms with Crippen LogP contribution in [0.4, 0.5) is 0 Å². The van der Waals surface area contributed by atoms with Crippen LogP contribution >= 0.6 is 23.1 Å². The topological polar surface area (TPSA) is 64.4 Å². The van der Waals surface area contributed by atoms with Crippen LogP contribution in [-0.2, 0) is 22.6 Å². The maximum atomic E-state index is 12.8. The van der Waals surface area contributed by atoms with Gasteiger partial charge in [-0.05, 0) is 23.9 Å². The molecule has 0 bridgehead atoms. The van der Waals surface area contributed by atoms with E-state index < -0.39 is 0 Å². The zero-order valence-corrected chi connectivity index (χ0v) is 17.6. The molecule has 0 radical (unpaired) electrons. The van der Waals surface area contributed by atoms with Gasteiger partial charge in [-0.1, -0.05) is 42.1 Å². The number of rotatable bonds is 9. The summed E-state index contributed by atoms with van der Waals surface area (Å²) in [7, 11) is 1.60. The molecule has 0 atom stereocenters. The summed E-state index contributed by atoms with van der Waals surface area (Å²) in [6, 6.07) is 11.8. The summed E-state index contributed by atoms with van der Waals surface area (Å²) >= 11 is 2.69. The van der Waals surface area contributed by atoms with Crippen molar-refractivity contribution >= 4 is 39.2 Å². The van der Waals surface area contributed by atoms with Crippen LogP contribution in [0.3, 0.4) is 0 Å². The van der Waals surface area contributed by atoms with E-state index in [1.807, 2.05) is 53.6 Å². The number of carbonyl (C=O) groups is 1. The van der Waals surface area contributed by atoms with Crippen molar-refractivity contribution in [2.24, 2.45) is 0 Å². The van der Waals surface area contributed by atoms with Crippen LogP contribution in [-0.4, -0.2) is 46.4 Å². The maximum absolute atomic E-state index is 12.8. The van der Waals surface area contributed by atoms with Crippen LogP contribution in [0.25, 0.3) is 10.2 Å². The van der Waals surface area contributed by atoms with Gasteiger partial charge in [0.25, 0.3) is 5.56 Å². The Bertz CT molecular complexity index is 985. The molecule has 3 aromatic rings. The van der Waals surface area contributed by atoms with Crippen LogP contribution in [0, 0.1) is 0 Å². The molecule has 1 amide bonds. The van der Waals surface area contributed by atoms with Gasteiger partial charge in [-0.15, -0.1) is 11.3 Å². The Hall–Kier alpha value is -2.16. The third-order valence-electron chi connectivity index (χ3n) is 4.33. The van der Waals surface area contributed by atoms with E-state index in [1.165, 1.54) is 23.1 Å². The van der Waals surface area contributed by atoms with E-state index in [4.69, 9.17) is 4.74 Å². The van der Waals surface area contributed by atoms with Crippen LogP contribution in [0.2, 0.25) is 0 Å². The molecule has 0 aliphatic carbocycles. The Morgan fingerprint density at radius 1 is 1.29 bits per heavy atom. The molecule has 0 spiro atoms. The Morgan fingerprint density at radius 3 is 2.79 bits per heavy atom. The SMILES string of the molecule is CCN(Cc1ccccc1)C(=O)CSc1nc2ccsc2c(=O)n1CCOC. The highest BCUT2D eigenvalue weighted by Crippen LogP contribution is 2.21. The Morgan fingerprint density at radius 2 is 2.07 bits per heavy atom. The largest absolute Gasteiger partial charge is 0.383 e. The first-order valence-electron chi connectivity index (χ1n) is 9.05. The lowest BCUT2D eigenvalue weighted by atomic mass is 10.2. The molecular formula is C20H23N3O3S2. The van der Waals surface area contributed by atoms with Gasteiger partial charge in [-0.3, -0.25) is 14.2 Å². The van der Waals surface area contributed by atoms with Crippen molar-refractivity contribution in [1.82, 2.24) is 14.5 Å². The Kier molecular flexibility index (Phi) is 7.24. The van der Waals surface area contributed by atoms with Crippen molar-refractivity contribution in [2.75, 3.05) is 26.0 Å². The normalized spacial score (nSPS) is 11.1. The summed E-state index contributed by atoms with van der Waals surface area (Å²) in [6.07, 6.45) is 0. The number of hydrogen-bond acceptors (Lipinski definition) is 6. The van der Waals surface area contributed by atoms with E-state index in [1.54, 1.807) is 11.7 Å². The molecule has 0 saturated heterocycles. The van der Waals surface area contributed by atoms with E-state index in [0.717, 1.165) is 5.56 Å². The first-order valence-corrected chi connectivity index (χ1v) is 10.9. The number of carbonyl (C=O) groups excluding carboxylic acids is 1. The zero-order chi connectivity index (χ0) is 19.9. The number of nitrogens with zero attached hydrogens (tertiary/aromatic N) is 3. The second-order valence-corrected chi connectivity index (χ2v) is 8.02. The minimum atomic E-state index is -0.0800. The number of aromatic nitrogens is 2. The second kappa shape index (κ2) is 9.86. The summed E-state index contributed by atoms with van der Waals surface area (Å²) in [6.45, 7) is 3.99. The highest BCUT2D eigenvalue weighted by atomic mass is 32.2. The number of amides is 1. The number of benzene rings is 1. The molecule has 0 aliphatic heterocycles. The van der Waals surface area contributed by atoms with Gasteiger partial charge in [0.1, 0.15) is 4.70 Å². The fraction of sp³-hybridized carbons (Fsp3) is 0.350. The summed E-state index contributed by atoms with van der Waals surface area (Å²) in [4.78, 5) is 31.9. The fourth-order valence-corrected chi connectivity index (χ4v) is 4.52. The highest BCUT2D eigenvalue weighted by Gasteiger charge is 2.17. The van der Waals surface area contributed by atoms with Gasteiger partial charge in [0.05, 0.1) is 24.4 Å².